The predicted octanol–water partition coefficient (Wildman–Crippen LogP) is 2.96. The number of nitrogens with two attached hydrogens (primary N) is 1. The summed E-state index contributed by atoms with van der Waals surface area (Å²) in [6.07, 6.45) is 0. The topological polar surface area (TPSA) is 123 Å². The van der Waals surface area contributed by atoms with Gasteiger partial charge in [0.25, 0.3) is 0 Å². The highest BCUT2D eigenvalue weighted by Gasteiger charge is 2.22. The molecule has 0 saturated heterocycles. The van der Waals surface area contributed by atoms with E-state index < -0.39 is 0 Å². The smallest absolute Gasteiger partial charge is 0.230 e. The number of methoxy groups -OCH3 is 1. The number of benzene rings is 2. The number of thioether (sulfide) groups is 1. The molecule has 0 aliphatic carbocycles. The second-order valence-electron chi connectivity index (χ2n) is 8.22. The first kappa shape index (κ1) is 24.5. The summed E-state index contributed by atoms with van der Waals surface area (Å²) >= 11 is 1.21. The van der Waals surface area contributed by atoms with Crippen LogP contribution in [0.4, 0.5) is 0 Å². The fraction of sp³-hybridized carbons (Fsp3) is 0.375. The summed E-state index contributed by atoms with van der Waals surface area (Å²) in [6, 6.07) is 12.8. The van der Waals surface area contributed by atoms with Crippen LogP contribution in [0.15, 0.2) is 47.6 Å². The van der Waals surface area contributed by atoms with Crippen LogP contribution < -0.4 is 30.1 Å². The third kappa shape index (κ3) is 6.10. The Bertz CT molecular complexity index is 1170. The number of amides is 1. The molecule has 2 aromatic carbocycles. The molecule has 0 saturated carbocycles. The zero-order chi connectivity index (χ0) is 24.8. The molecule has 2 heterocycles. The van der Waals surface area contributed by atoms with Crippen LogP contribution in [-0.2, 0) is 11.4 Å². The molecule has 0 bridgehead atoms. The predicted molar refractivity (Wildman–Crippen MR) is 131 cm³/mol. The number of fused-ring (bicyclic) bond motifs is 1. The fourth-order valence-corrected chi connectivity index (χ4v) is 4.26. The van der Waals surface area contributed by atoms with Crippen molar-refractivity contribution in [1.82, 2.24) is 20.2 Å². The van der Waals surface area contributed by atoms with Crippen molar-refractivity contribution in [3.63, 3.8) is 0 Å². The molecule has 1 aromatic heterocycles. The van der Waals surface area contributed by atoms with Gasteiger partial charge in [-0.1, -0.05) is 37.7 Å². The number of hydrogen-bond acceptors (Lipinski definition) is 9. The van der Waals surface area contributed by atoms with E-state index >= 15 is 0 Å². The molecule has 4 rings (SSSR count). The maximum absolute atomic E-state index is 12.8. The van der Waals surface area contributed by atoms with E-state index in [-0.39, 0.29) is 30.2 Å². The quantitative estimate of drug-likeness (QED) is 0.320. The monoisotopic (exact) mass is 499 g/mol. The molecule has 1 unspecified atom stereocenters. The van der Waals surface area contributed by atoms with E-state index in [1.165, 1.54) is 16.4 Å². The van der Waals surface area contributed by atoms with Gasteiger partial charge in [-0.15, -0.1) is 10.2 Å². The van der Waals surface area contributed by atoms with E-state index in [2.05, 4.69) is 29.4 Å². The molecule has 1 aliphatic heterocycles. The van der Waals surface area contributed by atoms with Gasteiger partial charge in [-0.25, -0.2) is 4.68 Å². The third-order valence-corrected chi connectivity index (χ3v) is 6.33. The first-order chi connectivity index (χ1) is 16.9. The van der Waals surface area contributed by atoms with Crippen LogP contribution in [0.1, 0.15) is 31.3 Å². The number of rotatable bonds is 10. The zero-order valence-electron chi connectivity index (χ0n) is 19.9. The second kappa shape index (κ2) is 11.2. The summed E-state index contributed by atoms with van der Waals surface area (Å²) < 4.78 is 23.5. The number of ether oxygens (including phenoxy) is 4. The minimum absolute atomic E-state index is 0.128. The highest BCUT2D eigenvalue weighted by atomic mass is 32.2. The van der Waals surface area contributed by atoms with E-state index in [1.807, 2.05) is 36.4 Å². The second-order valence-corrected chi connectivity index (χ2v) is 9.16. The minimum Gasteiger partial charge on any atom is -0.497 e. The molecular formula is C24H29N5O5S. The molecule has 1 amide bonds. The van der Waals surface area contributed by atoms with Gasteiger partial charge >= 0.3 is 0 Å². The Morgan fingerprint density at radius 3 is 2.69 bits per heavy atom. The Labute approximate surface area is 208 Å². The third-order valence-electron chi connectivity index (χ3n) is 5.39. The highest BCUT2D eigenvalue weighted by Crippen LogP contribution is 2.34. The Morgan fingerprint density at radius 2 is 1.91 bits per heavy atom. The Balaban J connectivity index is 1.33. The summed E-state index contributed by atoms with van der Waals surface area (Å²) in [5.41, 5.74) is 0.960. The number of nitrogen functional groups attached to an aromatic ring is 1. The molecule has 0 fully saturated rings. The molecule has 35 heavy (non-hydrogen) atoms. The molecule has 0 radical (unpaired) electrons. The fourth-order valence-electron chi connectivity index (χ4n) is 3.58. The van der Waals surface area contributed by atoms with Gasteiger partial charge in [0.1, 0.15) is 31.3 Å². The van der Waals surface area contributed by atoms with Crippen molar-refractivity contribution in [2.75, 3.05) is 31.9 Å². The van der Waals surface area contributed by atoms with Gasteiger partial charge in [-0.3, -0.25) is 4.79 Å². The van der Waals surface area contributed by atoms with Gasteiger partial charge in [0.2, 0.25) is 11.1 Å². The highest BCUT2D eigenvalue weighted by molar-refractivity contribution is 7.99. The van der Waals surface area contributed by atoms with Crippen molar-refractivity contribution in [3.05, 3.63) is 53.9 Å². The van der Waals surface area contributed by atoms with E-state index in [0.717, 1.165) is 11.3 Å². The number of hydrogen-bond donors (Lipinski definition) is 2. The lowest BCUT2D eigenvalue weighted by Crippen LogP contribution is -2.33. The van der Waals surface area contributed by atoms with Crippen molar-refractivity contribution < 1.29 is 23.7 Å². The largest absolute Gasteiger partial charge is 0.497 e. The maximum Gasteiger partial charge on any atom is 0.230 e. The van der Waals surface area contributed by atoms with Gasteiger partial charge in [0, 0.05) is 6.07 Å². The first-order valence-corrected chi connectivity index (χ1v) is 12.2. The van der Waals surface area contributed by atoms with Crippen LogP contribution in [0, 0.1) is 5.92 Å². The molecule has 3 N–H and O–H groups in total. The average molecular weight is 500 g/mol. The molecule has 0 spiro atoms. The van der Waals surface area contributed by atoms with Crippen LogP contribution in [-0.4, -0.2) is 46.9 Å². The van der Waals surface area contributed by atoms with Crippen LogP contribution in [0.5, 0.6) is 23.0 Å². The lowest BCUT2D eigenvalue weighted by Gasteiger charge is -2.25. The van der Waals surface area contributed by atoms with Crippen molar-refractivity contribution in [3.8, 4) is 23.0 Å². The van der Waals surface area contributed by atoms with Gasteiger partial charge < -0.3 is 30.1 Å². The average Bonchev–Trinajstić information content (AvgIpc) is 3.23. The van der Waals surface area contributed by atoms with E-state index in [0.29, 0.717) is 41.4 Å². The van der Waals surface area contributed by atoms with Crippen LogP contribution >= 0.6 is 11.8 Å². The molecule has 11 heteroatoms. The Morgan fingerprint density at radius 1 is 1.14 bits per heavy atom. The van der Waals surface area contributed by atoms with Crippen LogP contribution in [0.2, 0.25) is 0 Å². The molecule has 186 valence electrons. The number of nitrogens with one attached hydrogen (secondary N) is 1. The lowest BCUT2D eigenvalue weighted by atomic mass is 9.95. The Kier molecular flexibility index (Phi) is 7.86. The molecule has 3 aromatic rings. The van der Waals surface area contributed by atoms with Crippen molar-refractivity contribution in [2.45, 2.75) is 31.7 Å². The zero-order valence-corrected chi connectivity index (χ0v) is 20.7. The van der Waals surface area contributed by atoms with E-state index in [9.17, 15) is 4.79 Å². The van der Waals surface area contributed by atoms with Crippen molar-refractivity contribution >= 4 is 17.7 Å². The van der Waals surface area contributed by atoms with E-state index in [1.54, 1.807) is 13.2 Å². The lowest BCUT2D eigenvalue weighted by molar-refractivity contribution is -0.119. The number of carbonyl (C=O) groups is 1. The van der Waals surface area contributed by atoms with Gasteiger partial charge in [0.15, 0.2) is 17.3 Å². The number of aromatic nitrogens is 3. The number of carbonyl (C=O) groups excluding carboxylic acids is 1. The van der Waals surface area contributed by atoms with Gasteiger partial charge in [0.05, 0.1) is 18.9 Å². The van der Waals surface area contributed by atoms with Gasteiger partial charge in [-0.05, 0) is 35.7 Å². The number of nitrogens with zero attached hydrogens (tertiary/aromatic N) is 3. The van der Waals surface area contributed by atoms with Crippen LogP contribution in [0.3, 0.4) is 0 Å². The maximum atomic E-state index is 12.8. The van der Waals surface area contributed by atoms with Crippen molar-refractivity contribution in [2.24, 2.45) is 5.92 Å². The molecular weight excluding hydrogens is 470 g/mol. The minimum atomic E-state index is -0.179. The summed E-state index contributed by atoms with van der Waals surface area (Å²) in [7, 11) is 1.59. The molecule has 1 aliphatic rings. The van der Waals surface area contributed by atoms with Crippen LogP contribution in [0.25, 0.3) is 0 Å². The van der Waals surface area contributed by atoms with E-state index in [4.69, 9.17) is 24.8 Å². The van der Waals surface area contributed by atoms with Crippen molar-refractivity contribution in [1.29, 1.82) is 0 Å². The molecule has 10 nitrogen and oxygen atoms in total. The summed E-state index contributed by atoms with van der Waals surface area (Å²) in [6.45, 7) is 5.29. The SMILES string of the molecule is COc1cccc(OCc2nnc(SCC(=O)NC(c3ccc4c(c3)OCCO4)C(C)C)n2N)c1. The Hall–Kier alpha value is -3.60. The summed E-state index contributed by atoms with van der Waals surface area (Å²) in [5.74, 6) is 9.46. The standard InChI is InChI=1S/C24H29N5O5S/c1-15(2)23(16-7-8-19-20(11-16)33-10-9-32-19)26-22(30)14-35-24-28-27-21(29(24)25)13-34-18-6-4-5-17(12-18)31-3/h4-8,11-12,15,23H,9-10,13-14,25H2,1-3H3,(H,26,30). The normalized spacial score (nSPS) is 13.4. The first-order valence-electron chi connectivity index (χ1n) is 11.2. The summed E-state index contributed by atoms with van der Waals surface area (Å²) in [4.78, 5) is 12.8. The summed E-state index contributed by atoms with van der Waals surface area (Å²) in [5, 5.41) is 11.7. The van der Waals surface area contributed by atoms with Gasteiger partial charge in [-0.2, -0.15) is 0 Å². The molecule has 1 atom stereocenters.